The minimum Gasteiger partial charge on any atom is -0.314 e. The molecule has 0 unspecified atom stereocenters. The minimum atomic E-state index is -4.17. The molecule has 0 spiro atoms. The average molecular weight is 419 g/mol. The number of nitrogens with one attached hydrogen (secondary N) is 1. The second-order valence-corrected chi connectivity index (χ2v) is 6.87. The molecule has 1 saturated heterocycles. The summed E-state index contributed by atoms with van der Waals surface area (Å²) in [5.41, 5.74) is 5.54. The molecule has 2 aliphatic rings. The van der Waals surface area contributed by atoms with Gasteiger partial charge in [0, 0.05) is 32.2 Å². The lowest BCUT2D eigenvalue weighted by atomic mass is 9.96. The first-order chi connectivity index (χ1) is 12.0. The van der Waals surface area contributed by atoms with E-state index in [-0.39, 0.29) is 24.8 Å². The zero-order valence-electron chi connectivity index (χ0n) is 14.8. The number of fused-ring (bicyclic) bond motifs is 3. The third-order valence-corrected chi connectivity index (χ3v) is 5.22. The van der Waals surface area contributed by atoms with Crippen LogP contribution in [0.4, 0.5) is 13.2 Å². The van der Waals surface area contributed by atoms with Crippen molar-refractivity contribution in [2.24, 2.45) is 0 Å². The summed E-state index contributed by atoms with van der Waals surface area (Å²) in [7, 11) is 0. The number of benzene rings is 2. The molecule has 1 fully saturated rings. The van der Waals surface area contributed by atoms with Crippen molar-refractivity contribution in [2.75, 3.05) is 26.2 Å². The molecule has 7 heteroatoms. The van der Waals surface area contributed by atoms with Crippen molar-refractivity contribution >= 4 is 24.8 Å². The number of piperazine rings is 1. The molecule has 2 aromatic rings. The topological polar surface area (TPSA) is 15.3 Å². The Kier molecular flexibility index (Phi) is 7.20. The van der Waals surface area contributed by atoms with Gasteiger partial charge in [-0.25, -0.2) is 0 Å². The maximum absolute atomic E-state index is 13.2. The van der Waals surface area contributed by atoms with Gasteiger partial charge in [0.15, 0.2) is 0 Å². The van der Waals surface area contributed by atoms with Gasteiger partial charge in [-0.3, -0.25) is 4.90 Å². The maximum Gasteiger partial charge on any atom is 0.390 e. The smallest absolute Gasteiger partial charge is 0.314 e. The highest BCUT2D eigenvalue weighted by molar-refractivity contribution is 5.85. The molecule has 0 radical (unpaired) electrons. The first kappa shape index (κ1) is 22.0. The number of nitrogens with zero attached hydrogens (tertiary/aromatic N) is 1. The van der Waals surface area contributed by atoms with E-state index in [2.05, 4.69) is 17.4 Å². The molecule has 1 N–H and O–H groups in total. The van der Waals surface area contributed by atoms with Gasteiger partial charge in [-0.15, -0.1) is 24.8 Å². The monoisotopic (exact) mass is 418 g/mol. The Hall–Kier alpha value is -1.27. The quantitative estimate of drug-likeness (QED) is 0.643. The predicted molar refractivity (Wildman–Crippen MR) is 107 cm³/mol. The van der Waals surface area contributed by atoms with Crippen LogP contribution >= 0.6 is 24.8 Å². The highest BCUT2D eigenvalue weighted by Gasteiger charge is 2.36. The van der Waals surface area contributed by atoms with E-state index in [1.54, 1.807) is 0 Å². The highest BCUT2D eigenvalue weighted by atomic mass is 35.5. The Morgan fingerprint density at radius 1 is 0.926 bits per heavy atom. The summed E-state index contributed by atoms with van der Waals surface area (Å²) >= 11 is 0. The molecule has 1 atom stereocenters. The molecule has 1 aliphatic heterocycles. The van der Waals surface area contributed by atoms with Gasteiger partial charge in [-0.2, -0.15) is 13.2 Å². The number of alkyl halides is 3. The Bertz CT molecular complexity index is 774. The van der Waals surface area contributed by atoms with Crippen molar-refractivity contribution in [2.45, 2.75) is 25.1 Å². The zero-order valence-corrected chi connectivity index (χ0v) is 16.4. The lowest BCUT2D eigenvalue weighted by Gasteiger charge is -2.36. The second kappa shape index (κ2) is 8.82. The van der Waals surface area contributed by atoms with Crippen LogP contribution in [-0.4, -0.2) is 37.3 Å². The first-order valence-electron chi connectivity index (χ1n) is 8.74. The van der Waals surface area contributed by atoms with Crippen molar-refractivity contribution in [3.8, 4) is 11.1 Å². The second-order valence-electron chi connectivity index (χ2n) is 6.87. The Morgan fingerprint density at radius 3 is 2.30 bits per heavy atom. The summed E-state index contributed by atoms with van der Waals surface area (Å²) in [6, 6.07) is 13.5. The Morgan fingerprint density at radius 2 is 1.59 bits per heavy atom. The average Bonchev–Trinajstić information content (AvgIpc) is 2.97. The largest absolute Gasteiger partial charge is 0.390 e. The fourth-order valence-corrected chi connectivity index (χ4v) is 4.04. The van der Waals surface area contributed by atoms with Gasteiger partial charge >= 0.3 is 6.18 Å². The van der Waals surface area contributed by atoms with E-state index in [1.165, 1.54) is 11.1 Å². The molecule has 0 saturated carbocycles. The summed E-state index contributed by atoms with van der Waals surface area (Å²) in [5.74, 6) is 0. The Balaban J connectivity index is 0.00000131. The van der Waals surface area contributed by atoms with Crippen molar-refractivity contribution in [3.05, 3.63) is 59.2 Å². The lowest BCUT2D eigenvalue weighted by molar-refractivity contribution is -0.148. The third-order valence-electron chi connectivity index (χ3n) is 5.22. The van der Waals surface area contributed by atoms with E-state index in [0.29, 0.717) is 13.1 Å². The van der Waals surface area contributed by atoms with Gasteiger partial charge in [-0.1, -0.05) is 42.5 Å². The molecule has 1 aliphatic carbocycles. The van der Waals surface area contributed by atoms with Crippen LogP contribution in [0.3, 0.4) is 0 Å². The van der Waals surface area contributed by atoms with Crippen LogP contribution in [0.15, 0.2) is 42.5 Å². The van der Waals surface area contributed by atoms with Crippen molar-refractivity contribution in [1.82, 2.24) is 10.2 Å². The number of halogens is 5. The first-order valence-corrected chi connectivity index (χ1v) is 8.74. The third kappa shape index (κ3) is 4.77. The summed E-state index contributed by atoms with van der Waals surface area (Å²) in [5, 5.41) is 3.21. The fraction of sp³-hybridized carbons (Fsp3) is 0.400. The van der Waals surface area contributed by atoms with Crippen LogP contribution < -0.4 is 5.32 Å². The van der Waals surface area contributed by atoms with Gasteiger partial charge in [0.25, 0.3) is 0 Å². The van der Waals surface area contributed by atoms with Gasteiger partial charge in [0.2, 0.25) is 0 Å². The number of rotatable bonds is 3. The molecule has 2 nitrogen and oxygen atoms in total. The maximum atomic E-state index is 13.2. The molecule has 4 rings (SSSR count). The standard InChI is InChI=1S/C20H21F3N2.2ClH/c21-20(22,23)13-19(25-9-7-24-8-10-25)15-5-6-18-16(12-15)11-14-3-1-2-4-17(14)18;;/h1-6,12,19,24H,7-11,13H2;2*1H/t19-;;/m0../s1. The van der Waals surface area contributed by atoms with Crippen molar-refractivity contribution in [1.29, 1.82) is 0 Å². The molecule has 148 valence electrons. The Labute approximate surface area is 170 Å². The number of hydrogen-bond donors (Lipinski definition) is 1. The summed E-state index contributed by atoms with van der Waals surface area (Å²) in [4.78, 5) is 1.97. The van der Waals surface area contributed by atoms with E-state index in [4.69, 9.17) is 0 Å². The summed E-state index contributed by atoms with van der Waals surface area (Å²) in [6.07, 6.45) is -4.16. The van der Waals surface area contributed by atoms with E-state index in [1.807, 2.05) is 35.2 Å². The van der Waals surface area contributed by atoms with E-state index >= 15 is 0 Å². The van der Waals surface area contributed by atoms with Crippen LogP contribution in [0.5, 0.6) is 0 Å². The molecule has 27 heavy (non-hydrogen) atoms. The zero-order chi connectivity index (χ0) is 17.4. The minimum absolute atomic E-state index is 0. The van der Waals surface area contributed by atoms with E-state index in [9.17, 15) is 13.2 Å². The van der Waals surface area contributed by atoms with Gasteiger partial charge in [-0.05, 0) is 34.2 Å². The van der Waals surface area contributed by atoms with Gasteiger partial charge in [0.1, 0.15) is 0 Å². The van der Waals surface area contributed by atoms with Crippen LogP contribution in [0.25, 0.3) is 11.1 Å². The molecular weight excluding hydrogens is 396 g/mol. The van der Waals surface area contributed by atoms with Gasteiger partial charge in [0.05, 0.1) is 6.42 Å². The summed E-state index contributed by atoms with van der Waals surface area (Å²) in [6.45, 7) is 2.78. The molecule has 0 bridgehead atoms. The normalized spacial score (nSPS) is 17.3. The van der Waals surface area contributed by atoms with Crippen LogP contribution in [-0.2, 0) is 6.42 Å². The van der Waals surface area contributed by atoms with Crippen LogP contribution in [0, 0.1) is 0 Å². The van der Waals surface area contributed by atoms with Crippen molar-refractivity contribution < 1.29 is 13.2 Å². The SMILES string of the molecule is Cl.Cl.FC(F)(F)C[C@@H](c1ccc2c(c1)Cc1ccccc1-2)N1CCNCC1. The van der Waals surface area contributed by atoms with Crippen LogP contribution in [0.2, 0.25) is 0 Å². The number of hydrogen-bond acceptors (Lipinski definition) is 2. The highest BCUT2D eigenvalue weighted by Crippen LogP contribution is 2.40. The molecular formula is C20H23Cl2F3N2. The summed E-state index contributed by atoms with van der Waals surface area (Å²) < 4.78 is 39.6. The molecule has 1 heterocycles. The molecule has 2 aromatic carbocycles. The lowest BCUT2D eigenvalue weighted by Crippen LogP contribution is -2.46. The predicted octanol–water partition coefficient (Wildman–Crippen LogP) is 5.00. The van der Waals surface area contributed by atoms with E-state index in [0.717, 1.165) is 36.2 Å². The van der Waals surface area contributed by atoms with Crippen LogP contribution in [0.1, 0.15) is 29.2 Å². The van der Waals surface area contributed by atoms with Gasteiger partial charge < -0.3 is 5.32 Å². The fourth-order valence-electron chi connectivity index (χ4n) is 4.04. The van der Waals surface area contributed by atoms with E-state index < -0.39 is 18.6 Å². The van der Waals surface area contributed by atoms with Crippen molar-refractivity contribution in [3.63, 3.8) is 0 Å². The molecule has 0 aromatic heterocycles. The molecule has 0 amide bonds.